The van der Waals surface area contributed by atoms with Gasteiger partial charge in [-0.1, -0.05) is 30.3 Å². The van der Waals surface area contributed by atoms with Crippen LogP contribution in [0.3, 0.4) is 0 Å². The van der Waals surface area contributed by atoms with Crippen LogP contribution in [0.25, 0.3) is 0 Å². The minimum atomic E-state index is -0.406. The normalized spacial score (nSPS) is 15.2. The van der Waals surface area contributed by atoms with Crippen molar-refractivity contribution < 1.29 is 4.79 Å². The molecule has 1 aromatic heterocycles. The maximum Gasteiger partial charge on any atom is 0.236 e. The van der Waals surface area contributed by atoms with Crippen LogP contribution in [0.5, 0.6) is 0 Å². The molecule has 1 heterocycles. The van der Waals surface area contributed by atoms with E-state index in [1.165, 1.54) is 6.20 Å². The number of rotatable bonds is 3. The van der Waals surface area contributed by atoms with Crippen molar-refractivity contribution in [2.75, 3.05) is 5.32 Å². The number of anilines is 1. The fraction of sp³-hybridized carbons (Fsp3) is 0.188. The van der Waals surface area contributed by atoms with Crippen LogP contribution in [0, 0.1) is 11.3 Å². The third-order valence-corrected chi connectivity index (χ3v) is 3.65. The molecule has 4 nitrogen and oxygen atoms in total. The smallest absolute Gasteiger partial charge is 0.236 e. The van der Waals surface area contributed by atoms with Crippen molar-refractivity contribution >= 4 is 11.7 Å². The molecule has 98 valence electrons. The number of nitrogens with zero attached hydrogens (tertiary/aromatic N) is 2. The average Bonchev–Trinajstić information content (AvgIpc) is 3.31. The van der Waals surface area contributed by atoms with Gasteiger partial charge in [-0.05, 0) is 30.5 Å². The molecule has 1 saturated carbocycles. The Morgan fingerprint density at radius 2 is 1.95 bits per heavy atom. The fourth-order valence-electron chi connectivity index (χ4n) is 2.30. The molecule has 0 unspecified atom stereocenters. The van der Waals surface area contributed by atoms with E-state index >= 15 is 0 Å². The van der Waals surface area contributed by atoms with Crippen LogP contribution in [-0.2, 0) is 10.2 Å². The van der Waals surface area contributed by atoms with Gasteiger partial charge in [-0.25, -0.2) is 4.98 Å². The monoisotopic (exact) mass is 263 g/mol. The maximum atomic E-state index is 12.4. The average molecular weight is 263 g/mol. The molecule has 1 N–H and O–H groups in total. The van der Waals surface area contributed by atoms with Gasteiger partial charge >= 0.3 is 0 Å². The van der Waals surface area contributed by atoms with E-state index in [0.717, 1.165) is 18.4 Å². The number of hydrogen-bond donors (Lipinski definition) is 1. The van der Waals surface area contributed by atoms with Crippen LogP contribution < -0.4 is 5.32 Å². The van der Waals surface area contributed by atoms with Gasteiger partial charge in [0.2, 0.25) is 5.91 Å². The highest BCUT2D eigenvalue weighted by molar-refractivity contribution is 6.00. The highest BCUT2D eigenvalue weighted by Gasteiger charge is 2.51. The van der Waals surface area contributed by atoms with Crippen LogP contribution >= 0.6 is 0 Å². The largest absolute Gasteiger partial charge is 0.310 e. The maximum absolute atomic E-state index is 12.4. The van der Waals surface area contributed by atoms with Crippen molar-refractivity contribution in [3.05, 3.63) is 59.8 Å². The Kier molecular flexibility index (Phi) is 2.96. The van der Waals surface area contributed by atoms with Crippen molar-refractivity contribution in [3.63, 3.8) is 0 Å². The standard InChI is InChI=1S/C16H13N3O/c17-10-12-6-7-14(18-11-12)19-15(20)16(8-9-16)13-4-2-1-3-5-13/h1-7,11H,8-9H2,(H,18,19,20). The molecule has 0 aliphatic heterocycles. The summed E-state index contributed by atoms with van der Waals surface area (Å²) < 4.78 is 0. The number of aromatic nitrogens is 1. The molecule has 2 aromatic rings. The first-order chi connectivity index (χ1) is 9.74. The zero-order valence-corrected chi connectivity index (χ0v) is 10.8. The Morgan fingerprint density at radius 3 is 2.50 bits per heavy atom. The van der Waals surface area contributed by atoms with Gasteiger partial charge in [0.25, 0.3) is 0 Å². The van der Waals surface area contributed by atoms with Gasteiger partial charge in [0.15, 0.2) is 0 Å². The SMILES string of the molecule is N#Cc1ccc(NC(=O)C2(c3ccccc3)CC2)nc1. The first kappa shape index (κ1) is 12.4. The summed E-state index contributed by atoms with van der Waals surface area (Å²) in [5, 5.41) is 11.6. The Labute approximate surface area is 117 Å². The van der Waals surface area contributed by atoms with Crippen molar-refractivity contribution in [2.24, 2.45) is 0 Å². The number of hydrogen-bond acceptors (Lipinski definition) is 3. The van der Waals surface area contributed by atoms with Crippen LogP contribution in [0.2, 0.25) is 0 Å². The molecule has 0 bridgehead atoms. The third kappa shape index (κ3) is 2.14. The minimum Gasteiger partial charge on any atom is -0.310 e. The van der Waals surface area contributed by atoms with E-state index in [9.17, 15) is 4.79 Å². The summed E-state index contributed by atoms with van der Waals surface area (Å²) in [6.07, 6.45) is 3.18. The van der Waals surface area contributed by atoms with Gasteiger partial charge < -0.3 is 5.32 Å². The summed E-state index contributed by atoms with van der Waals surface area (Å²) in [4.78, 5) is 16.5. The van der Waals surface area contributed by atoms with Crippen molar-refractivity contribution in [3.8, 4) is 6.07 Å². The van der Waals surface area contributed by atoms with Gasteiger partial charge in [-0.2, -0.15) is 5.26 Å². The van der Waals surface area contributed by atoms with Gasteiger partial charge in [0, 0.05) is 6.20 Å². The second-order valence-electron chi connectivity index (χ2n) is 4.95. The lowest BCUT2D eigenvalue weighted by Crippen LogP contribution is -2.28. The fourth-order valence-corrected chi connectivity index (χ4v) is 2.30. The van der Waals surface area contributed by atoms with E-state index in [2.05, 4.69) is 10.3 Å². The van der Waals surface area contributed by atoms with Crippen LogP contribution in [0.4, 0.5) is 5.82 Å². The molecule has 3 rings (SSSR count). The summed E-state index contributed by atoms with van der Waals surface area (Å²) in [5.41, 5.74) is 1.12. The molecular weight excluding hydrogens is 250 g/mol. The highest BCUT2D eigenvalue weighted by Crippen LogP contribution is 2.48. The van der Waals surface area contributed by atoms with E-state index < -0.39 is 5.41 Å². The van der Waals surface area contributed by atoms with Crippen molar-refractivity contribution in [1.29, 1.82) is 5.26 Å². The van der Waals surface area contributed by atoms with E-state index in [4.69, 9.17) is 5.26 Å². The van der Waals surface area contributed by atoms with Crippen molar-refractivity contribution in [2.45, 2.75) is 18.3 Å². The summed E-state index contributed by atoms with van der Waals surface area (Å²) in [7, 11) is 0. The molecule has 0 saturated heterocycles. The Morgan fingerprint density at radius 1 is 1.20 bits per heavy atom. The molecule has 1 aliphatic rings. The number of carbonyl (C=O) groups is 1. The zero-order chi connectivity index (χ0) is 14.0. The van der Waals surface area contributed by atoms with E-state index in [1.54, 1.807) is 12.1 Å². The zero-order valence-electron chi connectivity index (χ0n) is 10.8. The Balaban J connectivity index is 1.78. The lowest BCUT2D eigenvalue weighted by molar-refractivity contribution is -0.118. The molecular formula is C16H13N3O. The molecule has 1 fully saturated rings. The van der Waals surface area contributed by atoms with E-state index in [0.29, 0.717) is 11.4 Å². The summed E-state index contributed by atoms with van der Waals surface area (Å²) >= 11 is 0. The van der Waals surface area contributed by atoms with Gasteiger partial charge in [0.1, 0.15) is 11.9 Å². The number of nitrogens with one attached hydrogen (secondary N) is 1. The predicted molar refractivity (Wildman–Crippen MR) is 74.9 cm³/mol. The van der Waals surface area contributed by atoms with E-state index in [-0.39, 0.29) is 5.91 Å². The predicted octanol–water partition coefficient (Wildman–Crippen LogP) is 2.62. The van der Waals surface area contributed by atoms with Crippen molar-refractivity contribution in [1.82, 2.24) is 4.98 Å². The lowest BCUT2D eigenvalue weighted by atomic mass is 9.95. The van der Waals surface area contributed by atoms with Gasteiger partial charge in [-0.3, -0.25) is 4.79 Å². The minimum absolute atomic E-state index is 0.0269. The lowest BCUT2D eigenvalue weighted by Gasteiger charge is -2.15. The van der Waals surface area contributed by atoms with Crippen LogP contribution in [0.1, 0.15) is 24.0 Å². The van der Waals surface area contributed by atoms with Gasteiger partial charge in [0.05, 0.1) is 11.0 Å². The van der Waals surface area contributed by atoms with Crippen LogP contribution in [0.15, 0.2) is 48.7 Å². The molecule has 1 aromatic carbocycles. The first-order valence-electron chi connectivity index (χ1n) is 6.48. The van der Waals surface area contributed by atoms with Gasteiger partial charge in [-0.15, -0.1) is 0 Å². The Bertz CT molecular complexity index is 667. The molecule has 1 aliphatic carbocycles. The topological polar surface area (TPSA) is 65.8 Å². The Hall–Kier alpha value is -2.67. The quantitative estimate of drug-likeness (QED) is 0.925. The number of benzene rings is 1. The summed E-state index contributed by atoms with van der Waals surface area (Å²) in [6, 6.07) is 15.1. The second kappa shape index (κ2) is 4.78. The summed E-state index contributed by atoms with van der Waals surface area (Å²) in [5.74, 6) is 0.456. The number of nitriles is 1. The molecule has 20 heavy (non-hydrogen) atoms. The summed E-state index contributed by atoms with van der Waals surface area (Å²) in [6.45, 7) is 0. The number of amides is 1. The molecule has 1 amide bonds. The van der Waals surface area contributed by atoms with E-state index in [1.807, 2.05) is 36.4 Å². The third-order valence-electron chi connectivity index (χ3n) is 3.65. The molecule has 0 radical (unpaired) electrons. The first-order valence-corrected chi connectivity index (χ1v) is 6.48. The molecule has 0 spiro atoms. The van der Waals surface area contributed by atoms with Crippen LogP contribution in [-0.4, -0.2) is 10.9 Å². The molecule has 0 atom stereocenters. The molecule has 4 heteroatoms. The highest BCUT2D eigenvalue weighted by atomic mass is 16.2. The number of carbonyl (C=O) groups excluding carboxylic acids is 1. The second-order valence-corrected chi connectivity index (χ2v) is 4.95. The number of pyridine rings is 1.